The van der Waals surface area contributed by atoms with Crippen molar-refractivity contribution < 1.29 is 9.90 Å². The normalized spacial score (nSPS) is 14.0. The summed E-state index contributed by atoms with van der Waals surface area (Å²) in [5.74, 6) is -0.608. The molecule has 12 heavy (non-hydrogen) atoms. The van der Waals surface area contributed by atoms with Crippen LogP contribution in [-0.4, -0.2) is 11.1 Å². The molecule has 0 radical (unpaired) electrons. The van der Waals surface area contributed by atoms with Gasteiger partial charge in [-0.15, -0.1) is 6.58 Å². The van der Waals surface area contributed by atoms with Crippen molar-refractivity contribution in [2.75, 3.05) is 0 Å². The predicted molar refractivity (Wildman–Crippen MR) is 50.0 cm³/mol. The number of carboxylic acid groups (broad SMARTS) is 1. The molecule has 0 heterocycles. The van der Waals surface area contributed by atoms with Crippen molar-refractivity contribution in [2.45, 2.75) is 34.1 Å². The third-order valence-electron chi connectivity index (χ3n) is 2.44. The van der Waals surface area contributed by atoms with Crippen LogP contribution in [-0.2, 0) is 4.79 Å². The molecule has 1 N–H and O–H groups in total. The van der Waals surface area contributed by atoms with Crippen LogP contribution in [0.25, 0.3) is 0 Å². The minimum Gasteiger partial charge on any atom is -0.481 e. The molecule has 0 amide bonds. The molecule has 70 valence electrons. The summed E-state index contributed by atoms with van der Waals surface area (Å²) in [6, 6.07) is 0. The Morgan fingerprint density at radius 1 is 1.58 bits per heavy atom. The quantitative estimate of drug-likeness (QED) is 0.659. The SMILES string of the molecule is C=C(C)CC(C)C(C)(C)C(=O)O. The van der Waals surface area contributed by atoms with E-state index in [2.05, 4.69) is 6.58 Å². The van der Waals surface area contributed by atoms with Gasteiger partial charge in [0.25, 0.3) is 0 Å². The van der Waals surface area contributed by atoms with E-state index >= 15 is 0 Å². The van der Waals surface area contributed by atoms with Gasteiger partial charge in [-0.2, -0.15) is 0 Å². The fraction of sp³-hybridized carbons (Fsp3) is 0.700. The third kappa shape index (κ3) is 2.68. The maximum absolute atomic E-state index is 10.8. The standard InChI is InChI=1S/C10H18O2/c1-7(2)6-8(3)10(4,5)9(11)12/h8H,1,6H2,2-5H3,(H,11,12). The van der Waals surface area contributed by atoms with Crippen LogP contribution in [0.15, 0.2) is 12.2 Å². The van der Waals surface area contributed by atoms with Gasteiger partial charge in [-0.1, -0.05) is 12.5 Å². The Labute approximate surface area is 74.3 Å². The lowest BCUT2D eigenvalue weighted by Gasteiger charge is -2.27. The molecule has 0 bridgehead atoms. The van der Waals surface area contributed by atoms with Crippen LogP contribution in [0.4, 0.5) is 0 Å². The number of rotatable bonds is 4. The lowest BCUT2D eigenvalue weighted by atomic mass is 9.77. The summed E-state index contributed by atoms with van der Waals surface area (Å²) in [7, 11) is 0. The molecule has 0 fully saturated rings. The Balaban J connectivity index is 4.35. The maximum atomic E-state index is 10.8. The number of hydrogen-bond acceptors (Lipinski definition) is 1. The van der Waals surface area contributed by atoms with Gasteiger partial charge in [0, 0.05) is 0 Å². The molecule has 0 rings (SSSR count). The predicted octanol–water partition coefficient (Wildman–Crippen LogP) is 2.70. The third-order valence-corrected chi connectivity index (χ3v) is 2.44. The van der Waals surface area contributed by atoms with Gasteiger partial charge >= 0.3 is 5.97 Å². The highest BCUT2D eigenvalue weighted by Gasteiger charge is 2.33. The second-order valence-electron chi connectivity index (χ2n) is 4.09. The molecule has 0 aliphatic rings. The molecular weight excluding hydrogens is 152 g/mol. The molecule has 1 unspecified atom stereocenters. The molecule has 2 nitrogen and oxygen atoms in total. The van der Waals surface area contributed by atoms with Crippen LogP contribution in [0.5, 0.6) is 0 Å². The summed E-state index contributed by atoms with van der Waals surface area (Å²) in [4.78, 5) is 10.8. The first kappa shape index (κ1) is 11.2. The van der Waals surface area contributed by atoms with E-state index in [0.29, 0.717) is 0 Å². The van der Waals surface area contributed by atoms with Crippen LogP contribution >= 0.6 is 0 Å². The largest absolute Gasteiger partial charge is 0.481 e. The van der Waals surface area contributed by atoms with E-state index in [0.717, 1.165) is 12.0 Å². The van der Waals surface area contributed by atoms with Crippen molar-refractivity contribution in [1.29, 1.82) is 0 Å². The van der Waals surface area contributed by atoms with E-state index in [4.69, 9.17) is 5.11 Å². The van der Waals surface area contributed by atoms with Crippen molar-refractivity contribution in [2.24, 2.45) is 11.3 Å². The van der Waals surface area contributed by atoms with Gasteiger partial charge in [0.15, 0.2) is 0 Å². The Hall–Kier alpha value is -0.790. The van der Waals surface area contributed by atoms with Crippen LogP contribution in [0, 0.1) is 11.3 Å². The molecule has 0 saturated heterocycles. The van der Waals surface area contributed by atoms with E-state index in [9.17, 15) is 4.79 Å². The average molecular weight is 170 g/mol. The van der Waals surface area contributed by atoms with Crippen molar-refractivity contribution >= 4 is 5.97 Å². The summed E-state index contributed by atoms with van der Waals surface area (Å²) >= 11 is 0. The van der Waals surface area contributed by atoms with Crippen LogP contribution in [0.1, 0.15) is 34.1 Å². The monoisotopic (exact) mass is 170 g/mol. The molecule has 0 saturated carbocycles. The number of hydrogen-bond donors (Lipinski definition) is 1. The van der Waals surface area contributed by atoms with E-state index in [1.807, 2.05) is 13.8 Å². The van der Waals surface area contributed by atoms with Crippen molar-refractivity contribution in [1.82, 2.24) is 0 Å². The summed E-state index contributed by atoms with van der Waals surface area (Å²) in [5.41, 5.74) is 0.385. The van der Waals surface area contributed by atoms with Crippen molar-refractivity contribution in [3.8, 4) is 0 Å². The van der Waals surface area contributed by atoms with Gasteiger partial charge < -0.3 is 5.11 Å². The number of aliphatic carboxylic acids is 1. The highest BCUT2D eigenvalue weighted by Crippen LogP contribution is 2.30. The summed E-state index contributed by atoms with van der Waals surface area (Å²) in [6.07, 6.45) is 0.777. The number of carboxylic acids is 1. The summed E-state index contributed by atoms with van der Waals surface area (Å²) in [6.45, 7) is 11.2. The zero-order valence-electron chi connectivity index (χ0n) is 8.35. The van der Waals surface area contributed by atoms with Gasteiger partial charge in [0.2, 0.25) is 0 Å². The Morgan fingerprint density at radius 3 is 2.25 bits per heavy atom. The second-order valence-corrected chi connectivity index (χ2v) is 4.09. The van der Waals surface area contributed by atoms with Gasteiger partial charge in [-0.3, -0.25) is 4.79 Å². The zero-order chi connectivity index (χ0) is 9.94. The Bertz CT molecular complexity index is 192. The van der Waals surface area contributed by atoms with Gasteiger partial charge in [0.1, 0.15) is 0 Å². The molecule has 2 heteroatoms. The topological polar surface area (TPSA) is 37.3 Å². The molecule has 0 aliphatic heterocycles. The van der Waals surface area contributed by atoms with E-state index < -0.39 is 11.4 Å². The van der Waals surface area contributed by atoms with Crippen molar-refractivity contribution in [3.63, 3.8) is 0 Å². The molecule has 0 aromatic carbocycles. The smallest absolute Gasteiger partial charge is 0.309 e. The number of carbonyl (C=O) groups is 1. The van der Waals surface area contributed by atoms with Crippen LogP contribution < -0.4 is 0 Å². The fourth-order valence-electron chi connectivity index (χ4n) is 0.989. The van der Waals surface area contributed by atoms with Crippen LogP contribution in [0.3, 0.4) is 0 Å². The first-order valence-corrected chi connectivity index (χ1v) is 4.16. The minimum absolute atomic E-state index is 0.132. The lowest BCUT2D eigenvalue weighted by molar-refractivity contribution is -0.149. The molecule has 0 aliphatic carbocycles. The fourth-order valence-corrected chi connectivity index (χ4v) is 0.989. The van der Waals surface area contributed by atoms with Crippen molar-refractivity contribution in [3.05, 3.63) is 12.2 Å². The maximum Gasteiger partial charge on any atom is 0.309 e. The summed E-state index contributed by atoms with van der Waals surface area (Å²) in [5, 5.41) is 8.89. The Morgan fingerprint density at radius 2 is 2.00 bits per heavy atom. The van der Waals surface area contributed by atoms with E-state index in [-0.39, 0.29) is 5.92 Å². The van der Waals surface area contributed by atoms with Gasteiger partial charge in [0.05, 0.1) is 5.41 Å². The molecule has 0 spiro atoms. The number of allylic oxidation sites excluding steroid dienone is 1. The second kappa shape index (κ2) is 3.74. The van der Waals surface area contributed by atoms with E-state index in [1.54, 1.807) is 13.8 Å². The first-order valence-electron chi connectivity index (χ1n) is 4.16. The van der Waals surface area contributed by atoms with E-state index in [1.165, 1.54) is 0 Å². The highest BCUT2D eigenvalue weighted by molar-refractivity contribution is 5.73. The first-order chi connectivity index (χ1) is 5.28. The van der Waals surface area contributed by atoms with Gasteiger partial charge in [-0.25, -0.2) is 0 Å². The average Bonchev–Trinajstić information content (AvgIpc) is 1.85. The molecular formula is C10H18O2. The zero-order valence-corrected chi connectivity index (χ0v) is 8.35. The van der Waals surface area contributed by atoms with Gasteiger partial charge in [-0.05, 0) is 33.1 Å². The molecule has 0 aromatic heterocycles. The van der Waals surface area contributed by atoms with Crippen LogP contribution in [0.2, 0.25) is 0 Å². The molecule has 1 atom stereocenters. The summed E-state index contributed by atoms with van der Waals surface area (Å²) < 4.78 is 0. The Kier molecular flexibility index (Phi) is 3.50. The molecule has 0 aromatic rings. The highest BCUT2D eigenvalue weighted by atomic mass is 16.4. The lowest BCUT2D eigenvalue weighted by Crippen LogP contribution is -2.31. The minimum atomic E-state index is -0.740.